The van der Waals surface area contributed by atoms with Crippen molar-refractivity contribution in [3.05, 3.63) is 0 Å². The Labute approximate surface area is 124 Å². The summed E-state index contributed by atoms with van der Waals surface area (Å²) in [4.78, 5) is 14.6. The Morgan fingerprint density at radius 2 is 2.10 bits per heavy atom. The van der Waals surface area contributed by atoms with Crippen molar-refractivity contribution in [3.8, 4) is 0 Å². The van der Waals surface area contributed by atoms with Crippen molar-refractivity contribution in [2.24, 2.45) is 11.8 Å². The number of rotatable bonds is 7. The van der Waals surface area contributed by atoms with Gasteiger partial charge in [-0.2, -0.15) is 0 Å². The smallest absolute Gasteiger partial charge is 0.237 e. The molecule has 0 bridgehead atoms. The lowest BCUT2D eigenvalue weighted by atomic mass is 9.90. The number of nitrogens with zero attached hydrogens (tertiary/aromatic N) is 1. The Balaban J connectivity index is 2.51. The van der Waals surface area contributed by atoms with Gasteiger partial charge in [-0.25, -0.2) is 0 Å². The molecule has 1 rings (SSSR count). The summed E-state index contributed by atoms with van der Waals surface area (Å²) in [6.07, 6.45) is 4.40. The minimum absolute atomic E-state index is 0.00512. The fourth-order valence-electron chi connectivity index (χ4n) is 3.06. The van der Waals surface area contributed by atoms with Crippen LogP contribution in [0.5, 0.6) is 0 Å². The summed E-state index contributed by atoms with van der Waals surface area (Å²) in [5.41, 5.74) is 0. The molecule has 20 heavy (non-hydrogen) atoms. The maximum absolute atomic E-state index is 12.4. The molecule has 2 N–H and O–H groups in total. The van der Waals surface area contributed by atoms with Crippen LogP contribution in [-0.4, -0.2) is 50.1 Å². The SMILES string of the molecule is CCC1CCNC(C(=O)NC(CC(C)C)CN(C)C)C1. The van der Waals surface area contributed by atoms with Crippen molar-refractivity contribution in [1.82, 2.24) is 15.5 Å². The van der Waals surface area contributed by atoms with Gasteiger partial charge in [-0.05, 0) is 51.7 Å². The van der Waals surface area contributed by atoms with Crippen LogP contribution in [0.15, 0.2) is 0 Å². The lowest BCUT2D eigenvalue weighted by molar-refractivity contribution is -0.125. The topological polar surface area (TPSA) is 44.4 Å². The first-order valence-electron chi connectivity index (χ1n) is 8.10. The van der Waals surface area contributed by atoms with Crippen LogP contribution in [0.1, 0.15) is 46.5 Å². The van der Waals surface area contributed by atoms with Gasteiger partial charge in [0, 0.05) is 12.6 Å². The summed E-state index contributed by atoms with van der Waals surface area (Å²) < 4.78 is 0. The Morgan fingerprint density at radius 1 is 1.40 bits per heavy atom. The average Bonchev–Trinajstić information content (AvgIpc) is 2.37. The number of carbonyl (C=O) groups is 1. The fourth-order valence-corrected chi connectivity index (χ4v) is 3.06. The van der Waals surface area contributed by atoms with Gasteiger partial charge in [0.1, 0.15) is 0 Å². The summed E-state index contributed by atoms with van der Waals surface area (Å²) >= 11 is 0. The van der Waals surface area contributed by atoms with Crippen LogP contribution in [0.2, 0.25) is 0 Å². The minimum Gasteiger partial charge on any atom is -0.351 e. The lowest BCUT2D eigenvalue weighted by Gasteiger charge is -2.31. The zero-order valence-corrected chi connectivity index (χ0v) is 13.9. The summed E-state index contributed by atoms with van der Waals surface area (Å²) in [6, 6.07) is 0.256. The van der Waals surface area contributed by atoms with Gasteiger partial charge in [0.2, 0.25) is 5.91 Å². The van der Waals surface area contributed by atoms with Crippen LogP contribution in [0, 0.1) is 11.8 Å². The van der Waals surface area contributed by atoms with E-state index >= 15 is 0 Å². The number of piperidine rings is 1. The second-order valence-electron chi connectivity index (χ2n) is 6.90. The zero-order chi connectivity index (χ0) is 15.1. The van der Waals surface area contributed by atoms with Gasteiger partial charge in [0.05, 0.1) is 6.04 Å². The third kappa shape index (κ3) is 6.23. The molecule has 0 aromatic rings. The molecule has 0 spiro atoms. The predicted octanol–water partition coefficient (Wildman–Crippen LogP) is 1.86. The molecule has 118 valence electrons. The number of nitrogens with one attached hydrogen (secondary N) is 2. The van der Waals surface area contributed by atoms with Gasteiger partial charge in [0.25, 0.3) is 0 Å². The Bertz CT molecular complexity index is 281. The van der Waals surface area contributed by atoms with Crippen LogP contribution < -0.4 is 10.6 Å². The van der Waals surface area contributed by atoms with E-state index in [0.29, 0.717) is 11.8 Å². The molecule has 3 atom stereocenters. The molecule has 0 aliphatic carbocycles. The van der Waals surface area contributed by atoms with Crippen LogP contribution in [0.3, 0.4) is 0 Å². The third-order valence-electron chi connectivity index (χ3n) is 4.09. The van der Waals surface area contributed by atoms with E-state index in [4.69, 9.17) is 0 Å². The molecule has 0 aromatic heterocycles. The number of amides is 1. The fraction of sp³-hybridized carbons (Fsp3) is 0.938. The number of hydrogen-bond acceptors (Lipinski definition) is 3. The molecule has 0 aromatic carbocycles. The molecule has 1 fully saturated rings. The predicted molar refractivity (Wildman–Crippen MR) is 84.7 cm³/mol. The van der Waals surface area contributed by atoms with Crippen LogP contribution in [0.25, 0.3) is 0 Å². The zero-order valence-electron chi connectivity index (χ0n) is 13.9. The molecule has 3 unspecified atom stereocenters. The van der Waals surface area contributed by atoms with Crippen molar-refractivity contribution in [1.29, 1.82) is 0 Å². The second kappa shape index (κ2) is 8.63. The van der Waals surface area contributed by atoms with E-state index in [1.807, 2.05) is 0 Å². The Kier molecular flexibility index (Phi) is 7.52. The molecular formula is C16H33N3O. The Morgan fingerprint density at radius 3 is 2.65 bits per heavy atom. The van der Waals surface area contributed by atoms with E-state index < -0.39 is 0 Å². The Hall–Kier alpha value is -0.610. The largest absolute Gasteiger partial charge is 0.351 e. The van der Waals surface area contributed by atoms with Crippen LogP contribution in [-0.2, 0) is 4.79 Å². The van der Waals surface area contributed by atoms with Gasteiger partial charge < -0.3 is 15.5 Å². The number of carbonyl (C=O) groups excluding carboxylic acids is 1. The first-order chi connectivity index (χ1) is 9.42. The summed E-state index contributed by atoms with van der Waals surface area (Å²) in [5, 5.41) is 6.62. The molecule has 1 saturated heterocycles. The highest BCUT2D eigenvalue weighted by molar-refractivity contribution is 5.82. The highest BCUT2D eigenvalue weighted by Gasteiger charge is 2.27. The average molecular weight is 283 g/mol. The van der Waals surface area contributed by atoms with Crippen molar-refractivity contribution in [3.63, 3.8) is 0 Å². The molecule has 0 radical (unpaired) electrons. The van der Waals surface area contributed by atoms with Gasteiger partial charge >= 0.3 is 0 Å². The molecule has 0 saturated carbocycles. The van der Waals surface area contributed by atoms with E-state index in [1.165, 1.54) is 12.8 Å². The molecule has 1 heterocycles. The third-order valence-corrected chi connectivity index (χ3v) is 4.09. The van der Waals surface area contributed by atoms with Gasteiger partial charge in [-0.1, -0.05) is 27.2 Å². The van der Waals surface area contributed by atoms with Crippen molar-refractivity contribution < 1.29 is 4.79 Å². The van der Waals surface area contributed by atoms with Crippen molar-refractivity contribution >= 4 is 5.91 Å². The van der Waals surface area contributed by atoms with Gasteiger partial charge in [0.15, 0.2) is 0 Å². The van der Waals surface area contributed by atoms with Gasteiger partial charge in [-0.3, -0.25) is 4.79 Å². The van der Waals surface area contributed by atoms with E-state index in [9.17, 15) is 4.79 Å². The van der Waals surface area contributed by atoms with Crippen molar-refractivity contribution in [2.45, 2.75) is 58.5 Å². The monoisotopic (exact) mass is 283 g/mol. The quantitative estimate of drug-likeness (QED) is 0.749. The number of likely N-dealkylation sites (N-methyl/N-ethyl adjacent to an activating group) is 1. The summed E-state index contributed by atoms with van der Waals surface area (Å²) in [6.45, 7) is 8.52. The lowest BCUT2D eigenvalue weighted by Crippen LogP contribution is -2.53. The highest BCUT2D eigenvalue weighted by atomic mass is 16.2. The standard InChI is InChI=1S/C16H33N3O/c1-6-13-7-8-17-15(10-13)16(20)18-14(9-12(2)3)11-19(4)5/h12-15,17H,6-11H2,1-5H3,(H,18,20). The van der Waals surface area contributed by atoms with E-state index in [-0.39, 0.29) is 18.0 Å². The van der Waals surface area contributed by atoms with Crippen molar-refractivity contribution in [2.75, 3.05) is 27.2 Å². The van der Waals surface area contributed by atoms with E-state index in [1.54, 1.807) is 0 Å². The highest BCUT2D eigenvalue weighted by Crippen LogP contribution is 2.19. The minimum atomic E-state index is 0.00512. The molecular weight excluding hydrogens is 250 g/mol. The van der Waals surface area contributed by atoms with E-state index in [0.717, 1.165) is 25.9 Å². The maximum Gasteiger partial charge on any atom is 0.237 e. The molecule has 1 aliphatic heterocycles. The normalized spacial score (nSPS) is 24.9. The summed E-state index contributed by atoms with van der Waals surface area (Å²) in [7, 11) is 4.12. The first-order valence-corrected chi connectivity index (χ1v) is 8.10. The van der Waals surface area contributed by atoms with Crippen LogP contribution >= 0.6 is 0 Å². The summed E-state index contributed by atoms with van der Waals surface area (Å²) in [5.74, 6) is 1.49. The van der Waals surface area contributed by atoms with Crippen LogP contribution in [0.4, 0.5) is 0 Å². The molecule has 4 nitrogen and oxygen atoms in total. The molecule has 1 amide bonds. The maximum atomic E-state index is 12.4. The second-order valence-corrected chi connectivity index (χ2v) is 6.90. The molecule has 4 heteroatoms. The van der Waals surface area contributed by atoms with Gasteiger partial charge in [-0.15, -0.1) is 0 Å². The number of hydrogen-bond donors (Lipinski definition) is 2. The van der Waals surface area contributed by atoms with E-state index in [2.05, 4.69) is 50.4 Å². The molecule has 1 aliphatic rings. The first kappa shape index (κ1) is 17.4.